The minimum atomic E-state index is -0.939. The molecule has 0 spiro atoms. The van der Waals surface area contributed by atoms with Crippen LogP contribution in [-0.2, 0) is 9.47 Å². The van der Waals surface area contributed by atoms with Crippen molar-refractivity contribution in [1.29, 1.82) is 0 Å². The molecule has 1 aliphatic heterocycles. The van der Waals surface area contributed by atoms with Crippen molar-refractivity contribution in [3.63, 3.8) is 0 Å². The van der Waals surface area contributed by atoms with Gasteiger partial charge in [0.25, 0.3) is 0 Å². The summed E-state index contributed by atoms with van der Waals surface area (Å²) in [5.41, 5.74) is 0. The van der Waals surface area contributed by atoms with Gasteiger partial charge in [0, 0.05) is 13.0 Å². The van der Waals surface area contributed by atoms with Gasteiger partial charge in [-0.05, 0) is 13.3 Å². The summed E-state index contributed by atoms with van der Waals surface area (Å²) in [7, 11) is 1.46. The average Bonchev–Trinajstić information content (AvgIpc) is 2.12. The van der Waals surface area contributed by atoms with Gasteiger partial charge in [0.15, 0.2) is 6.29 Å². The molecule has 1 saturated heterocycles. The van der Waals surface area contributed by atoms with Crippen molar-refractivity contribution in [2.45, 2.75) is 44.9 Å². The summed E-state index contributed by atoms with van der Waals surface area (Å²) in [6.07, 6.45) is -1.68. The quantitative estimate of drug-likeness (QED) is 0.649. The van der Waals surface area contributed by atoms with Crippen LogP contribution in [0.4, 0.5) is 0 Å². The second-order valence-corrected chi connectivity index (χ2v) is 3.50. The van der Waals surface area contributed by atoms with Crippen molar-refractivity contribution in [1.82, 2.24) is 0 Å². The molecule has 78 valence electrons. The van der Waals surface area contributed by atoms with E-state index in [9.17, 15) is 10.2 Å². The van der Waals surface area contributed by atoms with Crippen molar-refractivity contribution < 1.29 is 19.7 Å². The molecule has 1 fully saturated rings. The van der Waals surface area contributed by atoms with E-state index in [2.05, 4.69) is 0 Å². The Bertz CT molecular complexity index is 162. The molecule has 0 bridgehead atoms. The van der Waals surface area contributed by atoms with Crippen LogP contribution in [0, 0.1) is 5.92 Å². The van der Waals surface area contributed by atoms with Crippen LogP contribution in [0.15, 0.2) is 0 Å². The van der Waals surface area contributed by atoms with E-state index in [1.165, 1.54) is 7.11 Å². The SMILES string of the molecule is CCC1C(C)O[C@H](OC)C(O)[C@H]1O. The number of aliphatic hydroxyl groups excluding tert-OH is 2. The van der Waals surface area contributed by atoms with Gasteiger partial charge in [-0.1, -0.05) is 6.92 Å². The Morgan fingerprint density at radius 3 is 2.38 bits per heavy atom. The lowest BCUT2D eigenvalue weighted by atomic mass is 9.88. The van der Waals surface area contributed by atoms with E-state index in [4.69, 9.17) is 9.47 Å². The van der Waals surface area contributed by atoms with E-state index in [1.54, 1.807) is 0 Å². The van der Waals surface area contributed by atoms with Crippen LogP contribution >= 0.6 is 0 Å². The van der Waals surface area contributed by atoms with Crippen molar-refractivity contribution >= 4 is 0 Å². The van der Waals surface area contributed by atoms with Crippen molar-refractivity contribution in [3.8, 4) is 0 Å². The largest absolute Gasteiger partial charge is 0.390 e. The van der Waals surface area contributed by atoms with Gasteiger partial charge in [-0.3, -0.25) is 0 Å². The normalized spacial score (nSPS) is 46.4. The minimum absolute atomic E-state index is 0.0126. The minimum Gasteiger partial charge on any atom is -0.390 e. The molecule has 0 amide bonds. The highest BCUT2D eigenvalue weighted by atomic mass is 16.7. The maximum absolute atomic E-state index is 9.70. The molecule has 1 rings (SSSR count). The maximum atomic E-state index is 9.70. The van der Waals surface area contributed by atoms with Crippen molar-refractivity contribution in [3.05, 3.63) is 0 Å². The third-order valence-electron chi connectivity index (χ3n) is 2.72. The van der Waals surface area contributed by atoms with E-state index in [0.717, 1.165) is 6.42 Å². The zero-order chi connectivity index (χ0) is 10.0. The Kier molecular flexibility index (Phi) is 3.67. The summed E-state index contributed by atoms with van der Waals surface area (Å²) in [5.74, 6) is -0.0126. The molecule has 2 N–H and O–H groups in total. The monoisotopic (exact) mass is 190 g/mol. The van der Waals surface area contributed by atoms with Crippen LogP contribution in [0.1, 0.15) is 20.3 Å². The lowest BCUT2D eigenvalue weighted by Crippen LogP contribution is -2.53. The van der Waals surface area contributed by atoms with Gasteiger partial charge in [0.05, 0.1) is 12.2 Å². The Hall–Kier alpha value is -0.160. The van der Waals surface area contributed by atoms with Crippen LogP contribution in [-0.4, -0.2) is 41.9 Å². The summed E-state index contributed by atoms with van der Waals surface area (Å²) in [6, 6.07) is 0. The number of hydrogen-bond donors (Lipinski definition) is 2. The number of aliphatic hydroxyl groups is 2. The Labute approximate surface area is 78.5 Å². The number of hydrogen-bond acceptors (Lipinski definition) is 4. The highest BCUT2D eigenvalue weighted by Crippen LogP contribution is 2.28. The van der Waals surface area contributed by atoms with Gasteiger partial charge in [-0.25, -0.2) is 0 Å². The second kappa shape index (κ2) is 4.37. The highest BCUT2D eigenvalue weighted by Gasteiger charge is 2.41. The fourth-order valence-corrected chi connectivity index (χ4v) is 1.85. The predicted octanol–water partition coefficient (Wildman–Crippen LogP) is 0.126. The second-order valence-electron chi connectivity index (χ2n) is 3.50. The molecule has 0 saturated carbocycles. The first-order valence-electron chi connectivity index (χ1n) is 4.66. The van der Waals surface area contributed by atoms with Gasteiger partial charge in [0.2, 0.25) is 0 Å². The van der Waals surface area contributed by atoms with Crippen molar-refractivity contribution in [2.24, 2.45) is 5.92 Å². The number of rotatable bonds is 2. The summed E-state index contributed by atoms with van der Waals surface area (Å²) in [6.45, 7) is 3.85. The Morgan fingerprint density at radius 2 is 1.92 bits per heavy atom. The summed E-state index contributed by atoms with van der Waals surface area (Å²) in [4.78, 5) is 0. The lowest BCUT2D eigenvalue weighted by Gasteiger charge is -2.40. The molecule has 0 aromatic heterocycles. The third kappa shape index (κ3) is 2.02. The molecule has 5 atom stereocenters. The molecule has 4 nitrogen and oxygen atoms in total. The van der Waals surface area contributed by atoms with Gasteiger partial charge >= 0.3 is 0 Å². The van der Waals surface area contributed by atoms with Gasteiger partial charge in [-0.2, -0.15) is 0 Å². The molecule has 3 unspecified atom stereocenters. The van der Waals surface area contributed by atoms with Gasteiger partial charge in [-0.15, -0.1) is 0 Å². The number of methoxy groups -OCH3 is 1. The fraction of sp³-hybridized carbons (Fsp3) is 1.00. The smallest absolute Gasteiger partial charge is 0.185 e. The molecule has 1 heterocycles. The first kappa shape index (κ1) is 10.9. The molecule has 1 aliphatic rings. The van der Waals surface area contributed by atoms with Crippen LogP contribution in [0.3, 0.4) is 0 Å². The van der Waals surface area contributed by atoms with E-state index >= 15 is 0 Å². The van der Waals surface area contributed by atoms with Crippen LogP contribution in [0.2, 0.25) is 0 Å². The third-order valence-corrected chi connectivity index (χ3v) is 2.72. The number of ether oxygens (including phenoxy) is 2. The van der Waals surface area contributed by atoms with E-state index in [-0.39, 0.29) is 12.0 Å². The van der Waals surface area contributed by atoms with Crippen LogP contribution in [0.25, 0.3) is 0 Å². The topological polar surface area (TPSA) is 58.9 Å². The zero-order valence-corrected chi connectivity index (χ0v) is 8.30. The molecule has 4 heteroatoms. The van der Waals surface area contributed by atoms with Crippen LogP contribution < -0.4 is 0 Å². The van der Waals surface area contributed by atoms with E-state index < -0.39 is 18.5 Å². The predicted molar refractivity (Wildman–Crippen MR) is 47.1 cm³/mol. The summed E-state index contributed by atoms with van der Waals surface area (Å²) in [5, 5.41) is 19.3. The average molecular weight is 190 g/mol. The Balaban J connectivity index is 2.66. The van der Waals surface area contributed by atoms with E-state index in [1.807, 2.05) is 13.8 Å². The summed E-state index contributed by atoms with van der Waals surface area (Å²) < 4.78 is 10.3. The van der Waals surface area contributed by atoms with Crippen molar-refractivity contribution in [2.75, 3.05) is 7.11 Å². The Morgan fingerprint density at radius 1 is 1.31 bits per heavy atom. The molecule has 13 heavy (non-hydrogen) atoms. The molecule has 0 aliphatic carbocycles. The zero-order valence-electron chi connectivity index (χ0n) is 8.30. The molecule has 0 radical (unpaired) electrons. The highest BCUT2D eigenvalue weighted by molar-refractivity contribution is 4.86. The van der Waals surface area contributed by atoms with E-state index in [0.29, 0.717) is 0 Å². The fourth-order valence-electron chi connectivity index (χ4n) is 1.85. The molecule has 0 aromatic carbocycles. The standard InChI is InChI=1S/C9H18O4/c1-4-6-5(2)13-9(12-3)8(11)7(6)10/h5-11H,4H2,1-3H3/t5?,6?,7-,8?,9-/m0/s1. The van der Waals surface area contributed by atoms with Crippen LogP contribution in [0.5, 0.6) is 0 Å². The molecular formula is C9H18O4. The first-order chi connectivity index (χ1) is 6.11. The maximum Gasteiger partial charge on any atom is 0.185 e. The van der Waals surface area contributed by atoms with Gasteiger partial charge < -0.3 is 19.7 Å². The molecule has 0 aromatic rings. The lowest BCUT2D eigenvalue weighted by molar-refractivity contribution is -0.274. The van der Waals surface area contributed by atoms with Gasteiger partial charge in [0.1, 0.15) is 6.10 Å². The molecular weight excluding hydrogens is 172 g/mol. The first-order valence-corrected chi connectivity index (χ1v) is 4.66. The summed E-state index contributed by atoms with van der Waals surface area (Å²) >= 11 is 0.